The largest absolute Gasteiger partial charge is 0.453 e. The molecular formula is C14H18N2O4. The topological polar surface area (TPSA) is 67.9 Å². The van der Waals surface area contributed by atoms with Crippen molar-refractivity contribution in [3.8, 4) is 0 Å². The van der Waals surface area contributed by atoms with Crippen LogP contribution in [0.2, 0.25) is 0 Å². The molecule has 0 bridgehead atoms. The van der Waals surface area contributed by atoms with Gasteiger partial charge >= 0.3 is 6.09 Å². The minimum absolute atomic E-state index is 0.148. The molecule has 0 aromatic heterocycles. The standard InChI is InChI=1S/C14H18N2O4/c1-19-14(18)15-12(11-5-3-2-4-6-11)13(17)16-7-9-20-10-8-16/h2-6,12H,7-10H2,1H3,(H,15,18)/t12-/m0/s1. The minimum atomic E-state index is -0.734. The van der Waals surface area contributed by atoms with Crippen molar-refractivity contribution in [1.29, 1.82) is 0 Å². The first kappa shape index (κ1) is 14.3. The fourth-order valence-electron chi connectivity index (χ4n) is 2.08. The zero-order valence-corrected chi connectivity index (χ0v) is 11.4. The monoisotopic (exact) mass is 278 g/mol. The van der Waals surface area contributed by atoms with Gasteiger partial charge in [0.1, 0.15) is 6.04 Å². The van der Waals surface area contributed by atoms with Gasteiger partial charge in [-0.05, 0) is 5.56 Å². The highest BCUT2D eigenvalue weighted by Gasteiger charge is 2.28. The number of nitrogens with one attached hydrogen (secondary N) is 1. The molecule has 2 amide bonds. The predicted octanol–water partition coefficient (Wildman–Crippen LogP) is 0.942. The number of benzene rings is 1. The van der Waals surface area contributed by atoms with Crippen molar-refractivity contribution in [2.24, 2.45) is 0 Å². The number of hydrogen-bond donors (Lipinski definition) is 1. The number of amides is 2. The van der Waals surface area contributed by atoms with Crippen molar-refractivity contribution in [3.63, 3.8) is 0 Å². The van der Waals surface area contributed by atoms with E-state index in [-0.39, 0.29) is 5.91 Å². The Morgan fingerprint density at radius 1 is 1.25 bits per heavy atom. The lowest BCUT2D eigenvalue weighted by Crippen LogP contribution is -2.47. The van der Waals surface area contributed by atoms with Crippen molar-refractivity contribution >= 4 is 12.0 Å². The van der Waals surface area contributed by atoms with Crippen LogP contribution in [0.15, 0.2) is 30.3 Å². The number of morpholine rings is 1. The SMILES string of the molecule is COC(=O)N[C@H](C(=O)N1CCOCC1)c1ccccc1. The smallest absolute Gasteiger partial charge is 0.407 e. The Labute approximate surface area is 117 Å². The maximum Gasteiger partial charge on any atom is 0.407 e. The molecule has 6 heteroatoms. The van der Waals surface area contributed by atoms with Crippen molar-refractivity contribution in [3.05, 3.63) is 35.9 Å². The third-order valence-corrected chi connectivity index (χ3v) is 3.15. The van der Waals surface area contributed by atoms with Crippen molar-refractivity contribution in [2.45, 2.75) is 6.04 Å². The van der Waals surface area contributed by atoms with E-state index in [9.17, 15) is 9.59 Å². The third kappa shape index (κ3) is 3.48. The first-order valence-electron chi connectivity index (χ1n) is 6.48. The Kier molecular flexibility index (Phi) is 4.95. The molecule has 20 heavy (non-hydrogen) atoms. The zero-order valence-electron chi connectivity index (χ0n) is 11.4. The molecular weight excluding hydrogens is 260 g/mol. The number of carbonyl (C=O) groups excluding carboxylic acids is 2. The van der Waals surface area contributed by atoms with E-state index in [1.165, 1.54) is 7.11 Å². The molecule has 108 valence electrons. The quantitative estimate of drug-likeness (QED) is 0.893. The molecule has 1 aromatic rings. The number of hydrogen-bond acceptors (Lipinski definition) is 4. The minimum Gasteiger partial charge on any atom is -0.453 e. The van der Waals surface area contributed by atoms with Gasteiger partial charge in [-0.3, -0.25) is 4.79 Å². The van der Waals surface area contributed by atoms with Gasteiger partial charge in [-0.2, -0.15) is 0 Å². The number of ether oxygens (including phenoxy) is 2. The van der Waals surface area contributed by atoms with Gasteiger partial charge in [0.05, 0.1) is 20.3 Å². The lowest BCUT2D eigenvalue weighted by molar-refractivity contribution is -0.137. The van der Waals surface area contributed by atoms with Crippen LogP contribution < -0.4 is 5.32 Å². The van der Waals surface area contributed by atoms with Crippen molar-refractivity contribution in [2.75, 3.05) is 33.4 Å². The van der Waals surface area contributed by atoms with Crippen LogP contribution in [0.3, 0.4) is 0 Å². The summed E-state index contributed by atoms with van der Waals surface area (Å²) in [5, 5.41) is 2.59. The van der Waals surface area contributed by atoms with Crippen LogP contribution in [0.5, 0.6) is 0 Å². The molecule has 1 saturated heterocycles. The highest BCUT2D eigenvalue weighted by molar-refractivity contribution is 5.87. The number of nitrogens with zero attached hydrogens (tertiary/aromatic N) is 1. The van der Waals surface area contributed by atoms with Crippen LogP contribution in [0.25, 0.3) is 0 Å². The summed E-state index contributed by atoms with van der Waals surface area (Å²) in [5.74, 6) is -0.148. The molecule has 0 aliphatic carbocycles. The molecule has 1 atom stereocenters. The number of alkyl carbamates (subject to hydrolysis) is 1. The highest BCUT2D eigenvalue weighted by Crippen LogP contribution is 2.17. The molecule has 1 aliphatic heterocycles. The normalized spacial score (nSPS) is 16.4. The van der Waals surface area contributed by atoms with Crippen molar-refractivity contribution in [1.82, 2.24) is 10.2 Å². The molecule has 0 radical (unpaired) electrons. The Morgan fingerprint density at radius 3 is 2.50 bits per heavy atom. The lowest BCUT2D eigenvalue weighted by Gasteiger charge is -2.30. The van der Waals surface area contributed by atoms with E-state index in [4.69, 9.17) is 4.74 Å². The Balaban J connectivity index is 2.17. The van der Waals surface area contributed by atoms with Crippen LogP contribution in [0.1, 0.15) is 11.6 Å². The fraction of sp³-hybridized carbons (Fsp3) is 0.429. The van der Waals surface area contributed by atoms with Crippen LogP contribution in [-0.2, 0) is 14.3 Å². The van der Waals surface area contributed by atoms with Gasteiger partial charge in [-0.25, -0.2) is 4.79 Å². The summed E-state index contributed by atoms with van der Waals surface area (Å²) in [6, 6.07) is 8.39. The van der Waals surface area contributed by atoms with Crippen LogP contribution in [0.4, 0.5) is 4.79 Å². The molecule has 0 unspecified atom stereocenters. The second-order valence-corrected chi connectivity index (χ2v) is 4.42. The van der Waals surface area contributed by atoms with Gasteiger partial charge in [-0.15, -0.1) is 0 Å². The second kappa shape index (κ2) is 6.91. The molecule has 0 saturated carbocycles. The first-order valence-corrected chi connectivity index (χ1v) is 6.48. The Morgan fingerprint density at radius 2 is 1.90 bits per heavy atom. The maximum absolute atomic E-state index is 12.6. The van der Waals surface area contributed by atoms with E-state index >= 15 is 0 Å². The van der Waals surface area contributed by atoms with Gasteiger partial charge in [0.2, 0.25) is 5.91 Å². The van der Waals surface area contributed by atoms with E-state index in [0.29, 0.717) is 26.3 Å². The van der Waals surface area contributed by atoms with E-state index < -0.39 is 12.1 Å². The Hall–Kier alpha value is -2.08. The van der Waals surface area contributed by atoms with Gasteiger partial charge < -0.3 is 19.7 Å². The molecule has 1 aliphatic rings. The van der Waals surface area contributed by atoms with Gasteiger partial charge in [-0.1, -0.05) is 30.3 Å². The molecule has 1 heterocycles. The van der Waals surface area contributed by atoms with E-state index in [1.54, 1.807) is 17.0 Å². The first-order chi connectivity index (χ1) is 9.72. The molecule has 1 fully saturated rings. The van der Waals surface area contributed by atoms with E-state index in [1.807, 2.05) is 18.2 Å². The summed E-state index contributed by atoms with van der Waals surface area (Å²) in [5.41, 5.74) is 0.731. The van der Waals surface area contributed by atoms with Crippen LogP contribution in [0, 0.1) is 0 Å². The fourth-order valence-corrected chi connectivity index (χ4v) is 2.08. The molecule has 2 rings (SSSR count). The second-order valence-electron chi connectivity index (χ2n) is 4.42. The predicted molar refractivity (Wildman–Crippen MR) is 72.1 cm³/mol. The van der Waals surface area contributed by atoms with Gasteiger partial charge in [0.25, 0.3) is 0 Å². The van der Waals surface area contributed by atoms with Crippen LogP contribution in [-0.4, -0.2) is 50.3 Å². The maximum atomic E-state index is 12.6. The molecule has 0 spiro atoms. The van der Waals surface area contributed by atoms with E-state index in [2.05, 4.69) is 10.1 Å². The Bertz CT molecular complexity index is 458. The average molecular weight is 278 g/mol. The molecule has 6 nitrogen and oxygen atoms in total. The van der Waals surface area contributed by atoms with Gasteiger partial charge in [0.15, 0.2) is 0 Å². The summed E-state index contributed by atoms with van der Waals surface area (Å²) >= 11 is 0. The number of carbonyl (C=O) groups is 2. The summed E-state index contributed by atoms with van der Waals surface area (Å²) < 4.78 is 9.83. The summed E-state index contributed by atoms with van der Waals surface area (Å²) in [4.78, 5) is 25.7. The number of methoxy groups -OCH3 is 1. The average Bonchev–Trinajstić information content (AvgIpc) is 2.53. The molecule has 1 N–H and O–H groups in total. The number of rotatable bonds is 3. The van der Waals surface area contributed by atoms with Crippen molar-refractivity contribution < 1.29 is 19.1 Å². The highest BCUT2D eigenvalue weighted by atomic mass is 16.5. The molecule has 1 aromatic carbocycles. The zero-order chi connectivity index (χ0) is 14.4. The van der Waals surface area contributed by atoms with E-state index in [0.717, 1.165) is 5.56 Å². The summed E-state index contributed by atoms with van der Waals surface area (Å²) in [6.45, 7) is 2.10. The lowest BCUT2D eigenvalue weighted by atomic mass is 10.1. The third-order valence-electron chi connectivity index (χ3n) is 3.15. The van der Waals surface area contributed by atoms with Gasteiger partial charge in [0, 0.05) is 13.1 Å². The summed E-state index contributed by atoms with van der Waals surface area (Å²) in [6.07, 6.45) is -0.625. The summed E-state index contributed by atoms with van der Waals surface area (Å²) in [7, 11) is 1.27. The van der Waals surface area contributed by atoms with Crippen LogP contribution >= 0.6 is 0 Å².